The van der Waals surface area contributed by atoms with Crippen molar-refractivity contribution in [1.82, 2.24) is 14.7 Å². The largest absolute Gasteiger partial charge is 0.330 e. The Hall–Kier alpha value is -3.59. The van der Waals surface area contributed by atoms with Gasteiger partial charge in [0.05, 0.1) is 16.3 Å². The molecule has 2 aliphatic rings. The molecule has 0 fully saturated rings. The van der Waals surface area contributed by atoms with Crippen molar-refractivity contribution in [1.29, 1.82) is 0 Å². The summed E-state index contributed by atoms with van der Waals surface area (Å²) in [4.78, 5) is 9.55. The lowest BCUT2D eigenvalue weighted by molar-refractivity contribution is 0.574. The molecule has 0 aliphatic heterocycles. The molecule has 0 radical (unpaired) electrons. The number of hydrogen-bond donors (Lipinski definition) is 2. The number of fused-ring (bicyclic) bond motifs is 4. The van der Waals surface area contributed by atoms with Gasteiger partial charge in [-0.05, 0) is 134 Å². The van der Waals surface area contributed by atoms with E-state index in [1.807, 2.05) is 49.6 Å². The van der Waals surface area contributed by atoms with Crippen molar-refractivity contribution in [3.05, 3.63) is 158 Å². The molecule has 2 unspecified atom stereocenters. The van der Waals surface area contributed by atoms with Crippen molar-refractivity contribution < 1.29 is 8.42 Å². The zero-order chi connectivity index (χ0) is 33.7. The molecule has 0 bridgehead atoms. The molecule has 0 saturated carbocycles. The molecule has 0 amide bonds. The van der Waals surface area contributed by atoms with Gasteiger partial charge in [-0.15, -0.1) is 0 Å². The predicted molar refractivity (Wildman–Crippen MR) is 195 cm³/mol. The number of hydrogen-bond acceptors (Lipinski definition) is 5. The predicted octanol–water partition coefficient (Wildman–Crippen LogP) is 7.96. The van der Waals surface area contributed by atoms with Gasteiger partial charge in [0.1, 0.15) is 0 Å². The quantitative estimate of drug-likeness (QED) is 0.180. The van der Waals surface area contributed by atoms with Crippen LogP contribution in [-0.4, -0.2) is 31.5 Å². The van der Waals surface area contributed by atoms with Crippen molar-refractivity contribution in [3.63, 3.8) is 0 Å². The van der Waals surface area contributed by atoms with Crippen LogP contribution in [0.25, 0.3) is 0 Å². The fraction of sp³-hybridized carbons (Fsp3) is 0.282. The van der Waals surface area contributed by atoms with Gasteiger partial charge >= 0.3 is 0 Å². The highest BCUT2D eigenvalue weighted by Crippen LogP contribution is 2.37. The Bertz CT molecular complexity index is 2000. The van der Waals surface area contributed by atoms with Crippen molar-refractivity contribution in [2.45, 2.75) is 62.2 Å². The average molecular weight is 700 g/mol. The second-order valence-electron chi connectivity index (χ2n) is 12.5. The number of aromatic nitrogens is 2. The summed E-state index contributed by atoms with van der Waals surface area (Å²) < 4.78 is 28.0. The van der Waals surface area contributed by atoms with Gasteiger partial charge in [0.2, 0.25) is 10.0 Å². The van der Waals surface area contributed by atoms with Gasteiger partial charge in [-0.1, -0.05) is 65.2 Å². The third kappa shape index (κ3) is 7.82. The maximum Gasteiger partial charge on any atom is 0.240 e. The number of nitrogens with zero attached hydrogens (tertiary/aromatic N) is 2. The number of rotatable bonds is 7. The first-order chi connectivity index (χ1) is 23.2. The lowest BCUT2D eigenvalue weighted by Crippen LogP contribution is -2.26. The summed E-state index contributed by atoms with van der Waals surface area (Å²) in [7, 11) is -3.54. The standard InChI is InChI=1S/C23H23ClN2O2S.C16H17ClN2/c1-16-4-9-20(10-5-16)29(27,28)26-14-12-22-21-11-8-19(24)15-18(21)7-6-17-3-2-13-25-23(17)22;17-13-5-6-14-12(10-13)4-3-11-2-1-9-19-16(11)15(14)7-8-18/h2-5,8-11,13,15,22,26H,6-7,12,14H2,1H3;1-2,5-6,9-10,15H,3-4,7-8,18H2. The molecule has 3 aromatic carbocycles. The van der Waals surface area contributed by atoms with Crippen molar-refractivity contribution in [3.8, 4) is 0 Å². The number of nitrogens with two attached hydrogens (primary N) is 1. The van der Waals surface area contributed by atoms with E-state index in [9.17, 15) is 8.42 Å². The Morgan fingerprint density at radius 3 is 1.73 bits per heavy atom. The van der Waals surface area contributed by atoms with Gasteiger partial charge in [-0.3, -0.25) is 9.97 Å². The van der Waals surface area contributed by atoms with E-state index in [1.54, 1.807) is 24.3 Å². The molecule has 2 aromatic heterocycles. The minimum atomic E-state index is -3.54. The highest BCUT2D eigenvalue weighted by atomic mass is 35.5. The molecule has 0 spiro atoms. The first kappa shape index (κ1) is 34.3. The monoisotopic (exact) mass is 698 g/mol. The summed E-state index contributed by atoms with van der Waals surface area (Å²) in [6, 6.07) is 27.3. The molecule has 2 heterocycles. The fourth-order valence-electron chi connectivity index (χ4n) is 6.94. The SMILES string of the molecule is Cc1ccc(S(=O)(=O)NCCC2c3ccc(Cl)cc3CCc3cccnc32)cc1.NCCC1c2ccc(Cl)cc2CCc2cccnc21. The zero-order valence-corrected chi connectivity index (χ0v) is 29.3. The van der Waals surface area contributed by atoms with E-state index in [2.05, 4.69) is 45.0 Å². The molecular formula is C39H40Cl2N4O2S. The summed E-state index contributed by atoms with van der Waals surface area (Å²) in [5, 5.41) is 1.53. The van der Waals surface area contributed by atoms with Crippen LogP contribution in [0.2, 0.25) is 10.0 Å². The van der Waals surface area contributed by atoms with E-state index >= 15 is 0 Å². The molecule has 5 aromatic rings. The molecule has 2 aliphatic carbocycles. The van der Waals surface area contributed by atoms with Gasteiger partial charge in [0.15, 0.2) is 0 Å². The molecule has 3 N–H and O–H groups in total. The topological polar surface area (TPSA) is 98.0 Å². The van der Waals surface area contributed by atoms with Gasteiger partial charge in [0.25, 0.3) is 0 Å². The number of benzene rings is 3. The van der Waals surface area contributed by atoms with Crippen LogP contribution < -0.4 is 10.5 Å². The van der Waals surface area contributed by atoms with Crippen molar-refractivity contribution in [2.75, 3.05) is 13.1 Å². The maximum absolute atomic E-state index is 12.6. The number of nitrogens with one attached hydrogen (secondary N) is 1. The minimum absolute atomic E-state index is 0.0293. The number of aryl methyl sites for hydroxylation is 5. The lowest BCUT2D eigenvalue weighted by Gasteiger charge is -2.20. The van der Waals surface area contributed by atoms with Crippen molar-refractivity contribution in [2.24, 2.45) is 5.73 Å². The Kier molecular flexibility index (Phi) is 10.9. The van der Waals surface area contributed by atoms with E-state index in [0.29, 0.717) is 25.4 Å². The Morgan fingerprint density at radius 2 is 1.21 bits per heavy atom. The van der Waals surface area contributed by atoms with Gasteiger partial charge in [-0.2, -0.15) is 0 Å². The highest BCUT2D eigenvalue weighted by molar-refractivity contribution is 7.89. The van der Waals surface area contributed by atoms with E-state index < -0.39 is 10.0 Å². The smallest absolute Gasteiger partial charge is 0.240 e. The van der Waals surface area contributed by atoms with Crippen LogP contribution in [-0.2, 0) is 35.7 Å². The Balaban J connectivity index is 0.000000182. The van der Waals surface area contributed by atoms with E-state index in [4.69, 9.17) is 28.9 Å². The minimum Gasteiger partial charge on any atom is -0.330 e. The molecule has 9 heteroatoms. The van der Waals surface area contributed by atoms with E-state index in [1.165, 1.54) is 39.1 Å². The second kappa shape index (κ2) is 15.3. The first-order valence-corrected chi connectivity index (χ1v) is 18.7. The third-order valence-electron chi connectivity index (χ3n) is 9.31. The van der Waals surface area contributed by atoms with Crippen molar-refractivity contribution >= 4 is 33.2 Å². The first-order valence-electron chi connectivity index (χ1n) is 16.4. The third-order valence-corrected chi connectivity index (χ3v) is 11.3. The lowest BCUT2D eigenvalue weighted by atomic mass is 9.89. The fourth-order valence-corrected chi connectivity index (χ4v) is 8.37. The Morgan fingerprint density at radius 1 is 0.708 bits per heavy atom. The summed E-state index contributed by atoms with van der Waals surface area (Å²) >= 11 is 12.4. The second-order valence-corrected chi connectivity index (χ2v) is 15.1. The highest BCUT2D eigenvalue weighted by Gasteiger charge is 2.26. The maximum atomic E-state index is 12.6. The van der Waals surface area contributed by atoms with E-state index in [-0.39, 0.29) is 10.8 Å². The summed E-state index contributed by atoms with van der Waals surface area (Å²) in [5.41, 5.74) is 16.7. The Labute approximate surface area is 293 Å². The summed E-state index contributed by atoms with van der Waals surface area (Å²) in [6.45, 7) is 2.94. The molecule has 248 valence electrons. The number of sulfonamides is 1. The summed E-state index contributed by atoms with van der Waals surface area (Å²) in [6.07, 6.45) is 9.10. The van der Waals surface area contributed by atoms with Gasteiger partial charge in [0, 0.05) is 40.8 Å². The molecule has 2 atom stereocenters. The van der Waals surface area contributed by atoms with Crippen LogP contribution in [0.15, 0.2) is 102 Å². The van der Waals surface area contributed by atoms with Crippen LogP contribution in [0.3, 0.4) is 0 Å². The number of halogens is 2. The summed E-state index contributed by atoms with van der Waals surface area (Å²) in [5.74, 6) is 0.331. The molecule has 7 rings (SSSR count). The van der Waals surface area contributed by atoms with Crippen LogP contribution in [0.4, 0.5) is 0 Å². The normalized spacial score (nSPS) is 16.6. The average Bonchev–Trinajstić information content (AvgIpc) is 3.33. The zero-order valence-electron chi connectivity index (χ0n) is 27.0. The molecule has 48 heavy (non-hydrogen) atoms. The van der Waals surface area contributed by atoms with Crippen LogP contribution in [0, 0.1) is 6.92 Å². The van der Waals surface area contributed by atoms with Gasteiger partial charge < -0.3 is 5.73 Å². The molecular weight excluding hydrogens is 659 g/mol. The molecule has 6 nitrogen and oxygen atoms in total. The number of pyridine rings is 2. The van der Waals surface area contributed by atoms with Gasteiger partial charge in [-0.25, -0.2) is 13.1 Å². The van der Waals surface area contributed by atoms with E-state index in [0.717, 1.165) is 53.4 Å². The van der Waals surface area contributed by atoms with Crippen LogP contribution in [0.1, 0.15) is 75.0 Å². The van der Waals surface area contributed by atoms with Crippen LogP contribution in [0.5, 0.6) is 0 Å². The molecule has 0 saturated heterocycles. The van der Waals surface area contributed by atoms with Crippen LogP contribution >= 0.6 is 23.2 Å².